The molecule has 0 spiro atoms. The molecule has 0 saturated carbocycles. The molecule has 0 unspecified atom stereocenters. The number of amides is 1. The summed E-state index contributed by atoms with van der Waals surface area (Å²) in [5, 5.41) is 9.44. The van der Waals surface area contributed by atoms with E-state index in [9.17, 15) is 4.79 Å². The second-order valence-corrected chi connectivity index (χ2v) is 3.73. The third-order valence-electron chi connectivity index (χ3n) is 2.36. The molecule has 6 nitrogen and oxygen atoms in total. The zero-order valence-corrected chi connectivity index (χ0v) is 10.00. The van der Waals surface area contributed by atoms with Crippen molar-refractivity contribution in [3.8, 4) is 0 Å². The minimum Gasteiger partial charge on any atom is -0.436 e. The number of nitrogens with zero attached hydrogens (tertiary/aromatic N) is 2. The predicted molar refractivity (Wildman–Crippen MR) is 61.9 cm³/mol. The van der Waals surface area contributed by atoms with E-state index in [2.05, 4.69) is 20.5 Å². The van der Waals surface area contributed by atoms with Crippen molar-refractivity contribution in [1.29, 1.82) is 0 Å². The van der Waals surface area contributed by atoms with Crippen LogP contribution in [0.4, 0.5) is 5.82 Å². The van der Waals surface area contributed by atoms with Gasteiger partial charge in [-0.25, -0.2) is 4.98 Å². The summed E-state index contributed by atoms with van der Waals surface area (Å²) in [7, 11) is 0. The summed E-state index contributed by atoms with van der Waals surface area (Å²) in [6.07, 6.45) is 0.837. The van der Waals surface area contributed by atoms with Gasteiger partial charge in [0.05, 0.1) is 5.69 Å². The molecule has 0 saturated heterocycles. The zero-order chi connectivity index (χ0) is 12.4. The highest BCUT2D eigenvalue weighted by Crippen LogP contribution is 2.12. The Bertz CT molecular complexity index is 541. The number of carbonyl (C=O) groups is 1. The van der Waals surface area contributed by atoms with E-state index >= 15 is 0 Å². The van der Waals surface area contributed by atoms with Gasteiger partial charge >= 0.3 is 0 Å². The van der Waals surface area contributed by atoms with Crippen LogP contribution in [0.25, 0.3) is 0 Å². The molecular weight excluding hydrogens is 220 g/mol. The number of hydrogen-bond acceptors (Lipinski definition) is 4. The second-order valence-electron chi connectivity index (χ2n) is 3.73. The molecule has 1 amide bonds. The normalized spacial score (nSPS) is 10.5. The molecule has 2 aromatic rings. The molecule has 2 aromatic heterocycles. The fourth-order valence-electron chi connectivity index (χ4n) is 1.52. The van der Waals surface area contributed by atoms with Gasteiger partial charge in [-0.15, -0.1) is 0 Å². The summed E-state index contributed by atoms with van der Waals surface area (Å²) in [5.41, 5.74) is 1.54. The van der Waals surface area contributed by atoms with Crippen molar-refractivity contribution in [1.82, 2.24) is 15.2 Å². The first-order valence-electron chi connectivity index (χ1n) is 5.39. The van der Waals surface area contributed by atoms with Crippen LogP contribution in [-0.4, -0.2) is 21.1 Å². The number of hydrogen-bond donors (Lipinski definition) is 2. The van der Waals surface area contributed by atoms with Gasteiger partial charge < -0.3 is 9.73 Å². The Hall–Kier alpha value is -2.11. The molecule has 0 aliphatic carbocycles. The second kappa shape index (κ2) is 4.40. The number of H-pyrrole nitrogens is 1. The highest BCUT2D eigenvalue weighted by molar-refractivity contribution is 6.02. The van der Waals surface area contributed by atoms with Gasteiger partial charge in [-0.2, -0.15) is 5.10 Å². The summed E-state index contributed by atoms with van der Waals surface area (Å²) < 4.78 is 5.22. The van der Waals surface area contributed by atoms with Crippen LogP contribution in [0.15, 0.2) is 10.5 Å². The lowest BCUT2D eigenvalue weighted by Crippen LogP contribution is -2.12. The molecule has 0 radical (unpaired) electrons. The number of anilines is 1. The van der Waals surface area contributed by atoms with E-state index in [-0.39, 0.29) is 11.7 Å². The number of carbonyl (C=O) groups excluding carboxylic acids is 1. The molecule has 2 rings (SSSR count). The summed E-state index contributed by atoms with van der Waals surface area (Å²) in [6, 6.07) is 1.79. The number of rotatable bonds is 3. The highest BCUT2D eigenvalue weighted by Gasteiger charge is 2.16. The largest absolute Gasteiger partial charge is 0.436 e. The SMILES string of the molecule is CCc1cc(NC(=O)c2oc(C)nc2C)n[nH]1. The van der Waals surface area contributed by atoms with Crippen molar-refractivity contribution >= 4 is 11.7 Å². The van der Waals surface area contributed by atoms with Crippen molar-refractivity contribution in [2.24, 2.45) is 0 Å². The smallest absolute Gasteiger partial charge is 0.294 e. The number of aromatic amines is 1. The minimum absolute atomic E-state index is 0.226. The van der Waals surface area contributed by atoms with Crippen LogP contribution in [0.5, 0.6) is 0 Å². The minimum atomic E-state index is -0.336. The van der Waals surface area contributed by atoms with Crippen molar-refractivity contribution in [3.63, 3.8) is 0 Å². The molecule has 0 aliphatic rings. The quantitative estimate of drug-likeness (QED) is 0.848. The predicted octanol–water partition coefficient (Wildman–Crippen LogP) is 1.83. The van der Waals surface area contributed by atoms with Gasteiger partial charge in [0.2, 0.25) is 5.76 Å². The van der Waals surface area contributed by atoms with Crippen molar-refractivity contribution in [2.75, 3.05) is 5.32 Å². The standard InChI is InChI=1S/C11H14N4O2/c1-4-8-5-9(15-14-8)13-11(16)10-6(2)12-7(3)17-10/h5H,4H2,1-3H3,(H2,13,14,15,16). The van der Waals surface area contributed by atoms with Crippen LogP contribution in [0.3, 0.4) is 0 Å². The fourth-order valence-corrected chi connectivity index (χ4v) is 1.52. The molecule has 17 heavy (non-hydrogen) atoms. The van der Waals surface area contributed by atoms with E-state index in [1.807, 2.05) is 6.92 Å². The number of aromatic nitrogens is 3. The summed E-state index contributed by atoms with van der Waals surface area (Å²) in [5.74, 6) is 0.852. The maximum Gasteiger partial charge on any atom is 0.294 e. The first-order valence-corrected chi connectivity index (χ1v) is 5.39. The van der Waals surface area contributed by atoms with Gasteiger partial charge in [-0.05, 0) is 13.3 Å². The van der Waals surface area contributed by atoms with Crippen molar-refractivity contribution in [3.05, 3.63) is 29.1 Å². The van der Waals surface area contributed by atoms with Gasteiger partial charge in [0.15, 0.2) is 11.7 Å². The molecule has 0 aliphatic heterocycles. The third-order valence-corrected chi connectivity index (χ3v) is 2.36. The van der Waals surface area contributed by atoms with Crippen LogP contribution < -0.4 is 5.32 Å². The van der Waals surface area contributed by atoms with Crippen molar-refractivity contribution in [2.45, 2.75) is 27.2 Å². The Morgan fingerprint density at radius 1 is 1.53 bits per heavy atom. The zero-order valence-electron chi connectivity index (χ0n) is 10.00. The molecule has 2 heterocycles. The van der Waals surface area contributed by atoms with Crippen LogP contribution in [0.2, 0.25) is 0 Å². The lowest BCUT2D eigenvalue weighted by molar-refractivity contribution is 0.0994. The van der Waals surface area contributed by atoms with E-state index in [0.717, 1.165) is 12.1 Å². The van der Waals surface area contributed by atoms with Gasteiger partial charge in [-0.1, -0.05) is 6.92 Å². The monoisotopic (exact) mass is 234 g/mol. The number of aryl methyl sites for hydroxylation is 3. The van der Waals surface area contributed by atoms with Gasteiger partial charge in [0, 0.05) is 18.7 Å². The van der Waals surface area contributed by atoms with Gasteiger partial charge in [0.25, 0.3) is 5.91 Å². The van der Waals surface area contributed by atoms with Crippen molar-refractivity contribution < 1.29 is 9.21 Å². The molecule has 0 fully saturated rings. The van der Waals surface area contributed by atoms with Crippen LogP contribution in [0, 0.1) is 13.8 Å². The molecule has 6 heteroatoms. The van der Waals surface area contributed by atoms with Crippen LogP contribution >= 0.6 is 0 Å². The molecule has 0 aromatic carbocycles. The average Bonchev–Trinajstić information content (AvgIpc) is 2.85. The summed E-state index contributed by atoms with van der Waals surface area (Å²) in [4.78, 5) is 15.9. The first-order chi connectivity index (χ1) is 8.10. The Balaban J connectivity index is 2.14. The first kappa shape index (κ1) is 11.4. The Morgan fingerprint density at radius 3 is 2.82 bits per heavy atom. The van der Waals surface area contributed by atoms with E-state index in [1.165, 1.54) is 0 Å². The third kappa shape index (κ3) is 2.35. The molecule has 0 bridgehead atoms. The maximum absolute atomic E-state index is 11.8. The average molecular weight is 234 g/mol. The van der Waals surface area contributed by atoms with E-state index in [4.69, 9.17) is 4.42 Å². The molecule has 0 atom stereocenters. The Labute approximate surface area is 98.4 Å². The van der Waals surface area contributed by atoms with Crippen LogP contribution in [0.1, 0.15) is 34.8 Å². The Morgan fingerprint density at radius 2 is 2.29 bits per heavy atom. The van der Waals surface area contributed by atoms with Crippen LogP contribution in [-0.2, 0) is 6.42 Å². The Kier molecular flexibility index (Phi) is 2.95. The summed E-state index contributed by atoms with van der Waals surface area (Å²) in [6.45, 7) is 5.43. The summed E-state index contributed by atoms with van der Waals surface area (Å²) >= 11 is 0. The number of oxazole rings is 1. The van der Waals surface area contributed by atoms with Gasteiger partial charge in [0.1, 0.15) is 0 Å². The molecule has 90 valence electrons. The highest BCUT2D eigenvalue weighted by atomic mass is 16.4. The lowest BCUT2D eigenvalue weighted by atomic mass is 10.3. The maximum atomic E-state index is 11.8. The van der Waals surface area contributed by atoms with Gasteiger partial charge in [-0.3, -0.25) is 9.89 Å². The molecular formula is C11H14N4O2. The fraction of sp³-hybridized carbons (Fsp3) is 0.364. The van der Waals surface area contributed by atoms with E-state index in [1.54, 1.807) is 19.9 Å². The van der Waals surface area contributed by atoms with E-state index in [0.29, 0.717) is 17.4 Å². The van der Waals surface area contributed by atoms with E-state index < -0.39 is 0 Å². The topological polar surface area (TPSA) is 83.8 Å². The lowest BCUT2D eigenvalue weighted by Gasteiger charge is -1.97. The number of nitrogens with one attached hydrogen (secondary N) is 2. The molecule has 2 N–H and O–H groups in total.